The largest absolute Gasteiger partial charge is 0.396 e. The van der Waals surface area contributed by atoms with Crippen LogP contribution in [0.3, 0.4) is 0 Å². The molecular formula is C13H17IN2O3. The van der Waals surface area contributed by atoms with Crippen LogP contribution in [0.5, 0.6) is 0 Å². The molecule has 0 saturated carbocycles. The van der Waals surface area contributed by atoms with E-state index in [0.29, 0.717) is 5.92 Å². The molecule has 1 aliphatic heterocycles. The van der Waals surface area contributed by atoms with Gasteiger partial charge in [0.25, 0.3) is 5.69 Å². The fraction of sp³-hybridized carbons (Fsp3) is 0.538. The van der Waals surface area contributed by atoms with E-state index in [9.17, 15) is 10.1 Å². The molecule has 0 amide bonds. The minimum absolute atomic E-state index is 0.136. The standard InChI is InChI=1S/C13H17IN2O3/c14-12-8-11(16(18)19)3-4-13(12)15-6-1-2-10(9-15)5-7-17/h3-4,8,10,17H,1-2,5-7,9H2. The van der Waals surface area contributed by atoms with E-state index in [0.717, 1.165) is 41.6 Å². The molecule has 6 heteroatoms. The second kappa shape index (κ2) is 6.51. The fourth-order valence-corrected chi connectivity index (χ4v) is 3.41. The molecule has 1 atom stereocenters. The summed E-state index contributed by atoms with van der Waals surface area (Å²) < 4.78 is 0.913. The number of nitro benzene ring substituents is 1. The third kappa shape index (κ3) is 3.56. The summed E-state index contributed by atoms with van der Waals surface area (Å²) in [5.41, 5.74) is 1.20. The first-order valence-corrected chi connectivity index (χ1v) is 7.49. The van der Waals surface area contributed by atoms with Crippen LogP contribution in [-0.2, 0) is 0 Å². The third-order valence-electron chi connectivity index (χ3n) is 3.54. The summed E-state index contributed by atoms with van der Waals surface area (Å²) in [6.45, 7) is 2.14. The van der Waals surface area contributed by atoms with Crippen molar-refractivity contribution in [2.45, 2.75) is 19.3 Å². The lowest BCUT2D eigenvalue weighted by molar-refractivity contribution is -0.384. The number of benzene rings is 1. The number of hydrogen-bond donors (Lipinski definition) is 1. The maximum Gasteiger partial charge on any atom is 0.270 e. The Morgan fingerprint density at radius 1 is 1.53 bits per heavy atom. The topological polar surface area (TPSA) is 66.6 Å². The molecule has 1 unspecified atom stereocenters. The van der Waals surface area contributed by atoms with Gasteiger partial charge in [0.05, 0.1) is 10.6 Å². The highest BCUT2D eigenvalue weighted by molar-refractivity contribution is 14.1. The summed E-state index contributed by atoms with van der Waals surface area (Å²) in [5.74, 6) is 0.518. The predicted octanol–water partition coefficient (Wildman–Crippen LogP) is 2.80. The van der Waals surface area contributed by atoms with E-state index in [1.165, 1.54) is 0 Å². The van der Waals surface area contributed by atoms with Gasteiger partial charge in [-0.2, -0.15) is 0 Å². The Morgan fingerprint density at radius 3 is 2.95 bits per heavy atom. The maximum atomic E-state index is 10.7. The molecule has 104 valence electrons. The number of non-ortho nitro benzene ring substituents is 1. The summed E-state index contributed by atoms with van der Waals surface area (Å²) in [6, 6.07) is 5.01. The van der Waals surface area contributed by atoms with Crippen LogP contribution in [0.4, 0.5) is 11.4 Å². The van der Waals surface area contributed by atoms with Crippen molar-refractivity contribution in [1.29, 1.82) is 0 Å². The van der Waals surface area contributed by atoms with Gasteiger partial charge in [-0.15, -0.1) is 0 Å². The van der Waals surface area contributed by atoms with Gasteiger partial charge in [-0.3, -0.25) is 10.1 Å². The van der Waals surface area contributed by atoms with Crippen molar-refractivity contribution in [3.05, 3.63) is 31.9 Å². The van der Waals surface area contributed by atoms with Gasteiger partial charge >= 0.3 is 0 Å². The third-order valence-corrected chi connectivity index (χ3v) is 4.40. The smallest absolute Gasteiger partial charge is 0.270 e. The predicted molar refractivity (Wildman–Crippen MR) is 82.5 cm³/mol. The lowest BCUT2D eigenvalue weighted by Crippen LogP contribution is -2.36. The second-order valence-corrected chi connectivity index (χ2v) is 6.02. The normalized spacial score (nSPS) is 19.5. The molecule has 0 spiro atoms. The molecule has 1 fully saturated rings. The van der Waals surface area contributed by atoms with Crippen LogP contribution in [0.1, 0.15) is 19.3 Å². The van der Waals surface area contributed by atoms with Crippen LogP contribution in [0.15, 0.2) is 18.2 Å². The zero-order valence-electron chi connectivity index (χ0n) is 10.6. The van der Waals surface area contributed by atoms with Gasteiger partial charge in [-0.1, -0.05) is 0 Å². The van der Waals surface area contributed by atoms with Gasteiger partial charge < -0.3 is 10.0 Å². The summed E-state index contributed by atoms with van der Waals surface area (Å²) in [6.07, 6.45) is 3.10. The van der Waals surface area contributed by atoms with Gasteiger partial charge in [-0.25, -0.2) is 0 Å². The van der Waals surface area contributed by atoms with Crippen LogP contribution in [0, 0.1) is 19.6 Å². The zero-order valence-corrected chi connectivity index (χ0v) is 12.7. The first-order valence-electron chi connectivity index (χ1n) is 6.41. The van der Waals surface area contributed by atoms with Crippen molar-refractivity contribution in [1.82, 2.24) is 0 Å². The Kier molecular flexibility index (Phi) is 4.98. The van der Waals surface area contributed by atoms with E-state index in [4.69, 9.17) is 5.11 Å². The van der Waals surface area contributed by atoms with Crippen molar-refractivity contribution >= 4 is 34.0 Å². The average molecular weight is 376 g/mol. The molecule has 1 aromatic rings. The summed E-state index contributed by atoms with van der Waals surface area (Å²) in [7, 11) is 0. The monoisotopic (exact) mass is 376 g/mol. The van der Waals surface area contributed by atoms with Crippen LogP contribution in [-0.4, -0.2) is 29.7 Å². The first kappa shape index (κ1) is 14.5. The molecule has 0 radical (unpaired) electrons. The highest BCUT2D eigenvalue weighted by Crippen LogP contribution is 2.30. The molecule has 19 heavy (non-hydrogen) atoms. The molecule has 1 N–H and O–H groups in total. The van der Waals surface area contributed by atoms with Crippen molar-refractivity contribution in [2.75, 3.05) is 24.6 Å². The lowest BCUT2D eigenvalue weighted by Gasteiger charge is -2.34. The van der Waals surface area contributed by atoms with E-state index < -0.39 is 0 Å². The molecule has 1 aliphatic rings. The average Bonchev–Trinajstić information content (AvgIpc) is 2.39. The second-order valence-electron chi connectivity index (χ2n) is 4.86. The Balaban J connectivity index is 2.15. The minimum atomic E-state index is -0.364. The van der Waals surface area contributed by atoms with E-state index in [1.54, 1.807) is 12.1 Å². The number of nitrogens with zero attached hydrogens (tertiary/aromatic N) is 2. The number of piperidine rings is 1. The molecule has 1 aromatic carbocycles. The van der Waals surface area contributed by atoms with E-state index in [-0.39, 0.29) is 17.2 Å². The molecule has 5 nitrogen and oxygen atoms in total. The van der Waals surface area contributed by atoms with Crippen LogP contribution >= 0.6 is 22.6 Å². The quantitative estimate of drug-likeness (QED) is 0.499. The fourth-order valence-electron chi connectivity index (χ4n) is 2.57. The van der Waals surface area contributed by atoms with Gasteiger partial charge in [0.15, 0.2) is 0 Å². The van der Waals surface area contributed by atoms with Gasteiger partial charge in [0.1, 0.15) is 0 Å². The SMILES string of the molecule is O=[N+]([O-])c1ccc(N2CCCC(CCO)C2)c(I)c1. The van der Waals surface area contributed by atoms with Gasteiger partial charge in [-0.05, 0) is 53.8 Å². The Morgan fingerprint density at radius 2 is 2.32 bits per heavy atom. The number of rotatable bonds is 4. The lowest BCUT2D eigenvalue weighted by atomic mass is 9.95. The van der Waals surface area contributed by atoms with E-state index in [1.807, 2.05) is 6.07 Å². The molecule has 2 rings (SSSR count). The van der Waals surface area contributed by atoms with Crippen molar-refractivity contribution in [3.8, 4) is 0 Å². The highest BCUT2D eigenvalue weighted by Gasteiger charge is 2.22. The van der Waals surface area contributed by atoms with Crippen LogP contribution in [0.25, 0.3) is 0 Å². The summed E-state index contributed by atoms with van der Waals surface area (Å²) in [4.78, 5) is 12.6. The van der Waals surface area contributed by atoms with Crippen LogP contribution in [0.2, 0.25) is 0 Å². The molecule has 0 aromatic heterocycles. The molecule has 1 saturated heterocycles. The summed E-state index contributed by atoms with van der Waals surface area (Å²) in [5, 5.41) is 19.8. The van der Waals surface area contributed by atoms with E-state index in [2.05, 4.69) is 27.5 Å². The highest BCUT2D eigenvalue weighted by atomic mass is 127. The number of hydrogen-bond acceptors (Lipinski definition) is 4. The number of anilines is 1. The molecule has 1 heterocycles. The Hall–Kier alpha value is -0.890. The number of aliphatic hydroxyl groups is 1. The molecule has 0 bridgehead atoms. The maximum absolute atomic E-state index is 10.7. The first-order chi connectivity index (χ1) is 9.11. The Bertz CT molecular complexity index is 465. The van der Waals surface area contributed by atoms with Crippen molar-refractivity contribution in [2.24, 2.45) is 5.92 Å². The van der Waals surface area contributed by atoms with Gasteiger partial charge in [0.2, 0.25) is 0 Å². The zero-order chi connectivity index (χ0) is 13.8. The van der Waals surface area contributed by atoms with Crippen molar-refractivity contribution in [3.63, 3.8) is 0 Å². The summed E-state index contributed by atoms with van der Waals surface area (Å²) >= 11 is 2.15. The number of halogens is 1. The molecule has 0 aliphatic carbocycles. The van der Waals surface area contributed by atoms with E-state index >= 15 is 0 Å². The Labute approximate surface area is 125 Å². The van der Waals surface area contributed by atoms with Crippen molar-refractivity contribution < 1.29 is 10.0 Å². The minimum Gasteiger partial charge on any atom is -0.396 e. The van der Waals surface area contributed by atoms with Crippen LogP contribution < -0.4 is 4.90 Å². The number of aliphatic hydroxyl groups excluding tert-OH is 1. The number of nitro groups is 1. The molecular weight excluding hydrogens is 359 g/mol. The van der Waals surface area contributed by atoms with Gasteiger partial charge in [0, 0.05) is 35.4 Å².